The summed E-state index contributed by atoms with van der Waals surface area (Å²) in [5.74, 6) is 0. The fourth-order valence-corrected chi connectivity index (χ4v) is 3.77. The molecule has 1 aromatic rings. The minimum atomic E-state index is -1.52. The lowest BCUT2D eigenvalue weighted by Gasteiger charge is -2.20. The molecule has 1 rings (SSSR count). The Morgan fingerprint density at radius 1 is 0.955 bits per heavy atom. The summed E-state index contributed by atoms with van der Waals surface area (Å²) < 4.78 is 6.13. The predicted molar refractivity (Wildman–Crippen MR) is 102 cm³/mol. The second-order valence-electron chi connectivity index (χ2n) is 6.38. The molecule has 0 amide bonds. The van der Waals surface area contributed by atoms with Crippen LogP contribution in [0.1, 0.15) is 44.6 Å². The first-order valence-corrected chi connectivity index (χ1v) is 11.8. The quantitative estimate of drug-likeness (QED) is 0.259. The van der Waals surface area contributed by atoms with E-state index in [9.17, 15) is 0 Å². The van der Waals surface area contributed by atoms with Crippen LogP contribution < -0.4 is 0 Å². The topological polar surface area (TPSA) is 9.23 Å². The lowest BCUT2D eigenvalue weighted by Crippen LogP contribution is -2.29. The fraction of sp³-hybridized carbons (Fsp3) is 0.500. The van der Waals surface area contributed by atoms with Crippen LogP contribution in [0.25, 0.3) is 6.08 Å². The molecule has 0 aliphatic heterocycles. The summed E-state index contributed by atoms with van der Waals surface area (Å²) in [5.41, 5.74) is 1.26. The molecule has 22 heavy (non-hydrogen) atoms. The molecule has 0 saturated heterocycles. The van der Waals surface area contributed by atoms with Gasteiger partial charge < -0.3 is 4.43 Å². The SMILES string of the molecule is CCCCCC=CC[Si](C)(C)OCCC=Cc1ccccc1. The van der Waals surface area contributed by atoms with Gasteiger partial charge >= 0.3 is 0 Å². The molecule has 2 heteroatoms. The summed E-state index contributed by atoms with van der Waals surface area (Å²) >= 11 is 0. The monoisotopic (exact) mass is 316 g/mol. The van der Waals surface area contributed by atoms with Gasteiger partial charge in [-0.2, -0.15) is 0 Å². The Morgan fingerprint density at radius 3 is 2.45 bits per heavy atom. The highest BCUT2D eigenvalue weighted by Gasteiger charge is 2.19. The zero-order valence-electron chi connectivity index (χ0n) is 14.6. The number of allylic oxidation sites excluding steroid dienone is 2. The number of hydrogen-bond acceptors (Lipinski definition) is 1. The van der Waals surface area contributed by atoms with E-state index >= 15 is 0 Å². The Morgan fingerprint density at radius 2 is 1.73 bits per heavy atom. The molecular formula is C20H32OSi. The van der Waals surface area contributed by atoms with Crippen LogP contribution in [-0.4, -0.2) is 14.9 Å². The second-order valence-corrected chi connectivity index (χ2v) is 10.6. The van der Waals surface area contributed by atoms with Crippen molar-refractivity contribution in [3.8, 4) is 0 Å². The van der Waals surface area contributed by atoms with Gasteiger partial charge in [0, 0.05) is 6.61 Å². The summed E-state index contributed by atoms with van der Waals surface area (Å²) in [6.45, 7) is 7.71. The summed E-state index contributed by atoms with van der Waals surface area (Å²) in [7, 11) is -1.52. The van der Waals surface area contributed by atoms with Crippen molar-refractivity contribution in [3.05, 3.63) is 54.1 Å². The first kappa shape index (κ1) is 18.9. The zero-order valence-corrected chi connectivity index (χ0v) is 15.6. The maximum Gasteiger partial charge on any atom is 0.190 e. The van der Waals surface area contributed by atoms with Gasteiger partial charge in [0.2, 0.25) is 0 Å². The Labute approximate surface area is 138 Å². The number of hydrogen-bond donors (Lipinski definition) is 0. The van der Waals surface area contributed by atoms with Crippen molar-refractivity contribution in [2.24, 2.45) is 0 Å². The first-order chi connectivity index (χ1) is 10.6. The lowest BCUT2D eigenvalue weighted by molar-refractivity contribution is 0.316. The van der Waals surface area contributed by atoms with E-state index in [2.05, 4.69) is 68.6 Å². The Hall–Kier alpha value is -1.12. The van der Waals surface area contributed by atoms with Gasteiger partial charge in [0.05, 0.1) is 0 Å². The molecule has 0 aromatic heterocycles. The molecule has 1 aromatic carbocycles. The molecule has 0 aliphatic carbocycles. The Bertz CT molecular complexity index is 434. The van der Waals surface area contributed by atoms with Crippen molar-refractivity contribution in [2.75, 3.05) is 6.61 Å². The second kappa shape index (κ2) is 11.4. The standard InChI is InChI=1S/C20H32OSi/c1-4-5-6-7-8-14-19-22(2,3)21-18-13-12-17-20-15-10-9-11-16-20/h8-12,14-17H,4-7,13,18-19H2,1-3H3. The Kier molecular flexibility index (Phi) is 9.85. The molecule has 0 saturated carbocycles. The molecule has 0 unspecified atom stereocenters. The Balaban J connectivity index is 2.15. The van der Waals surface area contributed by atoms with Crippen LogP contribution in [0.3, 0.4) is 0 Å². The average Bonchev–Trinajstić information content (AvgIpc) is 2.51. The van der Waals surface area contributed by atoms with Crippen LogP contribution in [0.4, 0.5) is 0 Å². The van der Waals surface area contributed by atoms with E-state index in [-0.39, 0.29) is 0 Å². The van der Waals surface area contributed by atoms with Gasteiger partial charge in [-0.25, -0.2) is 0 Å². The molecule has 1 nitrogen and oxygen atoms in total. The molecule has 0 fully saturated rings. The maximum absolute atomic E-state index is 6.13. The van der Waals surface area contributed by atoms with Crippen LogP contribution in [-0.2, 0) is 4.43 Å². The van der Waals surface area contributed by atoms with E-state index in [1.54, 1.807) is 0 Å². The number of benzene rings is 1. The number of rotatable bonds is 11. The summed E-state index contributed by atoms with van der Waals surface area (Å²) in [4.78, 5) is 0. The van der Waals surface area contributed by atoms with Crippen LogP contribution >= 0.6 is 0 Å². The highest BCUT2D eigenvalue weighted by atomic mass is 28.4. The molecule has 0 aliphatic rings. The third-order valence-corrected chi connectivity index (χ3v) is 5.84. The van der Waals surface area contributed by atoms with Crippen molar-refractivity contribution in [1.29, 1.82) is 0 Å². The van der Waals surface area contributed by atoms with Crippen molar-refractivity contribution in [2.45, 2.75) is 58.2 Å². The van der Waals surface area contributed by atoms with Gasteiger partial charge in [-0.05, 0) is 44.0 Å². The molecule has 0 heterocycles. The minimum absolute atomic E-state index is 0.840. The van der Waals surface area contributed by atoms with Gasteiger partial charge in [-0.1, -0.05) is 74.4 Å². The third-order valence-electron chi connectivity index (χ3n) is 3.64. The van der Waals surface area contributed by atoms with E-state index in [1.165, 1.54) is 31.2 Å². The van der Waals surface area contributed by atoms with Gasteiger partial charge in [-0.3, -0.25) is 0 Å². The maximum atomic E-state index is 6.13. The van der Waals surface area contributed by atoms with Crippen LogP contribution in [0, 0.1) is 0 Å². The third kappa shape index (κ3) is 9.75. The first-order valence-electron chi connectivity index (χ1n) is 8.64. The van der Waals surface area contributed by atoms with Crippen molar-refractivity contribution >= 4 is 14.4 Å². The predicted octanol–water partition coefficient (Wildman–Crippen LogP) is 6.45. The molecule has 0 atom stereocenters. The molecule has 0 bridgehead atoms. The van der Waals surface area contributed by atoms with E-state index in [1.807, 2.05) is 6.07 Å². The smallest absolute Gasteiger partial charge is 0.190 e. The normalized spacial score (nSPS) is 12.5. The van der Waals surface area contributed by atoms with Crippen molar-refractivity contribution in [1.82, 2.24) is 0 Å². The van der Waals surface area contributed by atoms with Crippen molar-refractivity contribution < 1.29 is 4.43 Å². The van der Waals surface area contributed by atoms with Gasteiger partial charge in [-0.15, -0.1) is 0 Å². The van der Waals surface area contributed by atoms with E-state index in [4.69, 9.17) is 4.43 Å². The highest BCUT2D eigenvalue weighted by Crippen LogP contribution is 2.13. The van der Waals surface area contributed by atoms with Crippen LogP contribution in [0.5, 0.6) is 0 Å². The van der Waals surface area contributed by atoms with Crippen molar-refractivity contribution in [3.63, 3.8) is 0 Å². The zero-order chi connectivity index (χ0) is 16.1. The molecule has 0 radical (unpaired) electrons. The summed E-state index contributed by atoms with van der Waals surface area (Å²) in [6.07, 6.45) is 15.2. The molecular weight excluding hydrogens is 284 g/mol. The van der Waals surface area contributed by atoms with E-state index in [0.29, 0.717) is 0 Å². The molecule has 0 N–H and O–H groups in total. The summed E-state index contributed by atoms with van der Waals surface area (Å²) in [6, 6.07) is 11.6. The number of unbranched alkanes of at least 4 members (excludes halogenated alkanes) is 3. The average molecular weight is 317 g/mol. The minimum Gasteiger partial charge on any atom is -0.417 e. The largest absolute Gasteiger partial charge is 0.417 e. The van der Waals surface area contributed by atoms with Gasteiger partial charge in [0.1, 0.15) is 0 Å². The van der Waals surface area contributed by atoms with Gasteiger partial charge in [0.25, 0.3) is 0 Å². The summed E-state index contributed by atoms with van der Waals surface area (Å²) in [5, 5.41) is 0. The van der Waals surface area contributed by atoms with Crippen LogP contribution in [0.15, 0.2) is 48.6 Å². The molecule has 0 spiro atoms. The van der Waals surface area contributed by atoms with E-state index in [0.717, 1.165) is 19.1 Å². The lowest BCUT2D eigenvalue weighted by atomic mass is 10.2. The highest BCUT2D eigenvalue weighted by molar-refractivity contribution is 6.71. The fourth-order valence-electron chi connectivity index (χ4n) is 2.24. The van der Waals surface area contributed by atoms with Gasteiger partial charge in [0.15, 0.2) is 8.32 Å². The van der Waals surface area contributed by atoms with Crippen LogP contribution in [0.2, 0.25) is 19.1 Å². The molecule has 122 valence electrons. The van der Waals surface area contributed by atoms with E-state index < -0.39 is 8.32 Å².